The number of halogens is 4. The van der Waals surface area contributed by atoms with Gasteiger partial charge in [0.2, 0.25) is 0 Å². The molecule has 0 saturated carbocycles. The Kier molecular flexibility index (Phi) is 7.06. The highest BCUT2D eigenvalue weighted by Gasteiger charge is 2.29. The molecule has 0 unspecified atom stereocenters. The van der Waals surface area contributed by atoms with Crippen LogP contribution in [0.15, 0.2) is 48.5 Å². The van der Waals surface area contributed by atoms with Gasteiger partial charge in [0.05, 0.1) is 5.56 Å². The number of alkyl halides is 3. The fraction of sp³-hybridized carbons (Fsp3) is 0.188. The van der Waals surface area contributed by atoms with Gasteiger partial charge in [0.25, 0.3) is 0 Å². The number of urea groups is 1. The van der Waals surface area contributed by atoms with Gasteiger partial charge < -0.3 is 16.4 Å². The summed E-state index contributed by atoms with van der Waals surface area (Å²) in [7, 11) is 0. The second-order valence-corrected chi connectivity index (χ2v) is 4.89. The van der Waals surface area contributed by atoms with E-state index in [1.54, 1.807) is 12.1 Å². The molecule has 0 bridgehead atoms. The SMILES string of the molecule is Cl.NCCc1ccc(NC(=O)Nc2ccc(C(F)(F)F)cc2)cc1. The predicted molar refractivity (Wildman–Crippen MR) is 90.5 cm³/mol. The van der Waals surface area contributed by atoms with Crippen LogP contribution in [0.1, 0.15) is 11.1 Å². The number of benzene rings is 2. The highest BCUT2D eigenvalue weighted by Crippen LogP contribution is 2.29. The number of hydrogen-bond acceptors (Lipinski definition) is 2. The average Bonchev–Trinajstić information content (AvgIpc) is 2.49. The van der Waals surface area contributed by atoms with Crippen molar-refractivity contribution in [3.8, 4) is 0 Å². The van der Waals surface area contributed by atoms with Gasteiger partial charge in [-0.1, -0.05) is 12.1 Å². The van der Waals surface area contributed by atoms with Crippen molar-refractivity contribution in [1.29, 1.82) is 0 Å². The summed E-state index contributed by atoms with van der Waals surface area (Å²) in [4.78, 5) is 11.8. The second kappa shape index (κ2) is 8.56. The smallest absolute Gasteiger partial charge is 0.330 e. The van der Waals surface area contributed by atoms with Crippen molar-refractivity contribution >= 4 is 29.8 Å². The Labute approximate surface area is 143 Å². The fourth-order valence-corrected chi connectivity index (χ4v) is 1.96. The minimum atomic E-state index is -4.40. The molecule has 0 spiro atoms. The summed E-state index contributed by atoms with van der Waals surface area (Å²) in [6.07, 6.45) is -3.65. The summed E-state index contributed by atoms with van der Waals surface area (Å²) in [5.74, 6) is 0. The van der Waals surface area contributed by atoms with E-state index in [0.717, 1.165) is 24.1 Å². The van der Waals surface area contributed by atoms with Gasteiger partial charge >= 0.3 is 12.2 Å². The molecular formula is C16H17ClF3N3O. The zero-order chi connectivity index (χ0) is 16.9. The number of nitrogens with one attached hydrogen (secondary N) is 2. The Hall–Kier alpha value is -2.25. The van der Waals surface area contributed by atoms with Crippen molar-refractivity contribution in [2.24, 2.45) is 5.73 Å². The molecule has 0 heterocycles. The maximum absolute atomic E-state index is 12.4. The molecule has 2 amide bonds. The van der Waals surface area contributed by atoms with E-state index in [2.05, 4.69) is 10.6 Å². The maximum Gasteiger partial charge on any atom is 0.416 e. The van der Waals surface area contributed by atoms with E-state index in [1.807, 2.05) is 12.1 Å². The molecular weight excluding hydrogens is 343 g/mol. The molecule has 0 saturated heterocycles. The van der Waals surface area contributed by atoms with Crippen LogP contribution in [-0.2, 0) is 12.6 Å². The van der Waals surface area contributed by atoms with Gasteiger partial charge in [0.1, 0.15) is 0 Å². The van der Waals surface area contributed by atoms with Crippen LogP contribution in [0.5, 0.6) is 0 Å². The molecule has 0 atom stereocenters. The molecule has 0 aromatic heterocycles. The molecule has 0 aliphatic heterocycles. The largest absolute Gasteiger partial charge is 0.416 e. The third kappa shape index (κ3) is 5.75. The number of hydrogen-bond donors (Lipinski definition) is 3. The van der Waals surface area contributed by atoms with Gasteiger partial charge in [-0.2, -0.15) is 13.2 Å². The summed E-state index contributed by atoms with van der Waals surface area (Å²) >= 11 is 0. The Morgan fingerprint density at radius 3 is 1.79 bits per heavy atom. The van der Waals surface area contributed by atoms with Gasteiger partial charge in [0, 0.05) is 11.4 Å². The third-order valence-electron chi connectivity index (χ3n) is 3.11. The minimum absolute atomic E-state index is 0. The van der Waals surface area contributed by atoms with Gasteiger partial charge in [0.15, 0.2) is 0 Å². The molecule has 2 rings (SSSR count). The number of carbonyl (C=O) groups is 1. The number of amides is 2. The van der Waals surface area contributed by atoms with Crippen molar-refractivity contribution in [1.82, 2.24) is 0 Å². The molecule has 4 N–H and O–H groups in total. The van der Waals surface area contributed by atoms with Gasteiger partial charge in [-0.25, -0.2) is 4.79 Å². The molecule has 24 heavy (non-hydrogen) atoms. The van der Waals surface area contributed by atoms with Crippen LogP contribution in [0.2, 0.25) is 0 Å². The summed E-state index contributed by atoms with van der Waals surface area (Å²) in [5, 5.41) is 5.07. The summed E-state index contributed by atoms with van der Waals surface area (Å²) in [6.45, 7) is 0.543. The molecule has 2 aromatic rings. The van der Waals surface area contributed by atoms with E-state index in [0.29, 0.717) is 12.2 Å². The zero-order valence-corrected chi connectivity index (χ0v) is 13.4. The number of nitrogens with two attached hydrogens (primary N) is 1. The highest BCUT2D eigenvalue weighted by atomic mass is 35.5. The Morgan fingerprint density at radius 1 is 0.917 bits per heavy atom. The maximum atomic E-state index is 12.4. The lowest BCUT2D eigenvalue weighted by Crippen LogP contribution is -2.19. The first kappa shape index (κ1) is 19.8. The summed E-state index contributed by atoms with van der Waals surface area (Å²) in [5.41, 5.74) is 6.60. The van der Waals surface area contributed by atoms with Gasteiger partial charge in [-0.15, -0.1) is 12.4 Å². The topological polar surface area (TPSA) is 67.1 Å². The molecule has 8 heteroatoms. The van der Waals surface area contributed by atoms with Crippen LogP contribution < -0.4 is 16.4 Å². The lowest BCUT2D eigenvalue weighted by atomic mass is 10.1. The molecule has 0 aliphatic carbocycles. The van der Waals surface area contributed by atoms with E-state index in [-0.39, 0.29) is 18.1 Å². The highest BCUT2D eigenvalue weighted by molar-refractivity contribution is 5.99. The summed E-state index contributed by atoms with van der Waals surface area (Å²) in [6, 6.07) is 10.9. The van der Waals surface area contributed by atoms with E-state index < -0.39 is 17.8 Å². The van der Waals surface area contributed by atoms with Crippen LogP contribution in [0.3, 0.4) is 0 Å². The quantitative estimate of drug-likeness (QED) is 0.763. The Balaban J connectivity index is 0.00000288. The molecule has 0 radical (unpaired) electrons. The van der Waals surface area contributed by atoms with E-state index in [4.69, 9.17) is 5.73 Å². The molecule has 0 fully saturated rings. The predicted octanol–water partition coefficient (Wildman–Crippen LogP) is 4.27. The second-order valence-electron chi connectivity index (χ2n) is 4.89. The standard InChI is InChI=1S/C16H16F3N3O.ClH/c17-16(18,19)12-3-7-14(8-4-12)22-15(23)21-13-5-1-11(2-6-13)9-10-20;/h1-8H,9-10,20H2,(H2,21,22,23);1H. The van der Waals surface area contributed by atoms with Crippen molar-refractivity contribution < 1.29 is 18.0 Å². The lowest BCUT2D eigenvalue weighted by molar-refractivity contribution is -0.137. The fourth-order valence-electron chi connectivity index (χ4n) is 1.96. The normalized spacial score (nSPS) is 10.7. The Morgan fingerprint density at radius 2 is 1.38 bits per heavy atom. The van der Waals surface area contributed by atoms with Crippen molar-refractivity contribution in [2.45, 2.75) is 12.6 Å². The van der Waals surface area contributed by atoms with E-state index >= 15 is 0 Å². The molecule has 2 aromatic carbocycles. The first-order chi connectivity index (χ1) is 10.9. The summed E-state index contributed by atoms with van der Waals surface area (Å²) < 4.78 is 37.3. The van der Waals surface area contributed by atoms with Crippen LogP contribution in [0.25, 0.3) is 0 Å². The molecule has 130 valence electrons. The molecule has 0 aliphatic rings. The van der Waals surface area contributed by atoms with Gasteiger partial charge in [-0.3, -0.25) is 0 Å². The van der Waals surface area contributed by atoms with Crippen LogP contribution in [-0.4, -0.2) is 12.6 Å². The first-order valence-corrected chi connectivity index (χ1v) is 6.93. The average molecular weight is 360 g/mol. The monoisotopic (exact) mass is 359 g/mol. The number of rotatable bonds is 4. The van der Waals surface area contributed by atoms with Crippen LogP contribution in [0.4, 0.5) is 29.3 Å². The van der Waals surface area contributed by atoms with Crippen LogP contribution in [0, 0.1) is 0 Å². The zero-order valence-electron chi connectivity index (χ0n) is 12.6. The van der Waals surface area contributed by atoms with Crippen molar-refractivity contribution in [3.05, 3.63) is 59.7 Å². The first-order valence-electron chi connectivity index (χ1n) is 6.93. The number of carbonyl (C=O) groups excluding carboxylic acids is 1. The number of anilines is 2. The van der Waals surface area contributed by atoms with Crippen molar-refractivity contribution in [2.75, 3.05) is 17.2 Å². The van der Waals surface area contributed by atoms with Crippen molar-refractivity contribution in [3.63, 3.8) is 0 Å². The van der Waals surface area contributed by atoms with E-state index in [9.17, 15) is 18.0 Å². The van der Waals surface area contributed by atoms with Gasteiger partial charge in [-0.05, 0) is 54.9 Å². The third-order valence-corrected chi connectivity index (χ3v) is 3.11. The molecule has 4 nitrogen and oxygen atoms in total. The Bertz CT molecular complexity index is 658. The van der Waals surface area contributed by atoms with E-state index in [1.165, 1.54) is 12.1 Å². The minimum Gasteiger partial charge on any atom is -0.330 e. The lowest BCUT2D eigenvalue weighted by Gasteiger charge is -2.10. The van der Waals surface area contributed by atoms with Crippen LogP contribution >= 0.6 is 12.4 Å².